The van der Waals surface area contributed by atoms with E-state index in [0.717, 1.165) is 16.8 Å². The Balaban J connectivity index is 1.53. The van der Waals surface area contributed by atoms with Gasteiger partial charge in [-0.25, -0.2) is 12.7 Å². The molecule has 1 aliphatic heterocycles. The first-order valence-electron chi connectivity index (χ1n) is 10.0. The third-order valence-corrected chi connectivity index (χ3v) is 7.11. The van der Waals surface area contributed by atoms with Crippen molar-refractivity contribution in [3.8, 4) is 5.75 Å². The van der Waals surface area contributed by atoms with Crippen LogP contribution in [0.15, 0.2) is 77.7 Å². The second kappa shape index (κ2) is 8.53. The third-order valence-electron chi connectivity index (χ3n) is 5.30. The van der Waals surface area contributed by atoms with Gasteiger partial charge in [-0.15, -0.1) is 0 Å². The first-order chi connectivity index (χ1) is 14.9. The van der Waals surface area contributed by atoms with Crippen LogP contribution < -0.4 is 9.64 Å². The molecule has 0 N–H and O–H groups in total. The quantitative estimate of drug-likeness (QED) is 0.591. The van der Waals surface area contributed by atoms with Gasteiger partial charge >= 0.3 is 0 Å². The Morgan fingerprint density at radius 3 is 2.52 bits per heavy atom. The summed E-state index contributed by atoms with van der Waals surface area (Å²) in [4.78, 5) is 15.1. The van der Waals surface area contributed by atoms with Gasteiger partial charge in [0, 0.05) is 31.9 Å². The average Bonchev–Trinajstić information content (AvgIpc) is 3.21. The van der Waals surface area contributed by atoms with Gasteiger partial charge in [-0.05, 0) is 53.9 Å². The Morgan fingerprint density at radius 2 is 1.77 bits per heavy atom. The van der Waals surface area contributed by atoms with Crippen molar-refractivity contribution in [1.82, 2.24) is 4.31 Å². The van der Waals surface area contributed by atoms with Gasteiger partial charge in [-0.3, -0.25) is 4.79 Å². The molecule has 1 amide bonds. The minimum Gasteiger partial charge on any atom is -0.489 e. The number of ether oxygens (including phenoxy) is 1. The van der Waals surface area contributed by atoms with E-state index in [1.165, 1.54) is 18.4 Å². The second-order valence-electron chi connectivity index (χ2n) is 7.59. The van der Waals surface area contributed by atoms with Crippen LogP contribution in [0, 0.1) is 0 Å². The number of amides is 1. The van der Waals surface area contributed by atoms with Crippen LogP contribution in [-0.4, -0.2) is 39.3 Å². The summed E-state index contributed by atoms with van der Waals surface area (Å²) in [7, 11) is -0.499. The molecule has 160 valence electrons. The summed E-state index contributed by atoms with van der Waals surface area (Å²) in [6.45, 7) is 0.933. The van der Waals surface area contributed by atoms with Crippen molar-refractivity contribution in [1.29, 1.82) is 0 Å². The number of nitrogens with zero attached hydrogens (tertiary/aromatic N) is 2. The van der Waals surface area contributed by atoms with Gasteiger partial charge in [-0.1, -0.05) is 36.4 Å². The first kappa shape index (κ1) is 21.1. The molecule has 3 aromatic rings. The highest BCUT2D eigenvalue weighted by Crippen LogP contribution is 2.32. The molecule has 0 fully saturated rings. The number of rotatable bonds is 6. The van der Waals surface area contributed by atoms with Crippen LogP contribution in [0.3, 0.4) is 0 Å². The van der Waals surface area contributed by atoms with E-state index in [1.54, 1.807) is 41.3 Å². The van der Waals surface area contributed by atoms with E-state index in [4.69, 9.17) is 4.74 Å². The van der Waals surface area contributed by atoms with E-state index in [-0.39, 0.29) is 10.8 Å². The topological polar surface area (TPSA) is 66.9 Å². The average molecular weight is 437 g/mol. The summed E-state index contributed by atoms with van der Waals surface area (Å²) in [6.07, 6.45) is 0.613. The molecule has 0 bridgehead atoms. The molecule has 1 aliphatic rings. The van der Waals surface area contributed by atoms with Crippen molar-refractivity contribution in [2.75, 3.05) is 25.5 Å². The van der Waals surface area contributed by atoms with Crippen LogP contribution in [0.1, 0.15) is 21.5 Å². The SMILES string of the molecule is CN(C)S(=O)(=O)c1ccc2c(c1)CCN2C(=O)c1cccc(OCc2ccccc2)c1. The highest BCUT2D eigenvalue weighted by molar-refractivity contribution is 7.89. The normalized spacial score (nSPS) is 13.3. The number of sulfonamides is 1. The maximum atomic E-state index is 13.2. The molecule has 1 heterocycles. The lowest BCUT2D eigenvalue weighted by atomic mass is 10.1. The van der Waals surface area contributed by atoms with Gasteiger partial charge in [0.2, 0.25) is 10.0 Å². The number of carbonyl (C=O) groups is 1. The fourth-order valence-electron chi connectivity index (χ4n) is 3.58. The molecule has 0 saturated heterocycles. The molecule has 0 aromatic heterocycles. The molecule has 3 aromatic carbocycles. The number of hydrogen-bond acceptors (Lipinski definition) is 4. The number of fused-ring (bicyclic) bond motifs is 1. The van der Waals surface area contributed by atoms with Gasteiger partial charge in [-0.2, -0.15) is 0 Å². The van der Waals surface area contributed by atoms with E-state index >= 15 is 0 Å². The monoisotopic (exact) mass is 436 g/mol. The molecule has 31 heavy (non-hydrogen) atoms. The van der Waals surface area contributed by atoms with E-state index in [0.29, 0.717) is 30.9 Å². The number of hydrogen-bond donors (Lipinski definition) is 0. The summed E-state index contributed by atoms with van der Waals surface area (Å²) in [6, 6.07) is 21.9. The lowest BCUT2D eigenvalue weighted by Crippen LogP contribution is -2.28. The van der Waals surface area contributed by atoms with Crippen LogP contribution in [-0.2, 0) is 23.1 Å². The van der Waals surface area contributed by atoms with Gasteiger partial charge in [0.1, 0.15) is 12.4 Å². The predicted octanol–water partition coefficient (Wildman–Crippen LogP) is 3.72. The Labute approximate surface area is 182 Å². The fourth-order valence-corrected chi connectivity index (χ4v) is 4.53. The van der Waals surface area contributed by atoms with Crippen LogP contribution in [0.2, 0.25) is 0 Å². The molecule has 4 rings (SSSR count). The molecule has 0 aliphatic carbocycles. The maximum absolute atomic E-state index is 13.2. The van der Waals surface area contributed by atoms with Gasteiger partial charge < -0.3 is 9.64 Å². The summed E-state index contributed by atoms with van der Waals surface area (Å²) in [5.41, 5.74) is 3.19. The molecule has 0 unspecified atom stereocenters. The molecular weight excluding hydrogens is 412 g/mol. The number of carbonyl (C=O) groups excluding carboxylic acids is 1. The minimum absolute atomic E-state index is 0.132. The molecule has 0 spiro atoms. The van der Waals surface area contributed by atoms with Gasteiger partial charge in [0.15, 0.2) is 0 Å². The zero-order valence-electron chi connectivity index (χ0n) is 17.5. The molecular formula is C24H24N2O4S. The summed E-state index contributed by atoms with van der Waals surface area (Å²) >= 11 is 0. The molecule has 7 heteroatoms. The van der Waals surface area contributed by atoms with E-state index in [1.807, 2.05) is 36.4 Å². The van der Waals surface area contributed by atoms with E-state index < -0.39 is 10.0 Å². The summed E-state index contributed by atoms with van der Waals surface area (Å²) < 4.78 is 31.8. The van der Waals surface area contributed by atoms with E-state index in [2.05, 4.69) is 0 Å². The largest absolute Gasteiger partial charge is 0.489 e. The van der Waals surface area contributed by atoms with Crippen molar-refractivity contribution in [3.63, 3.8) is 0 Å². The van der Waals surface area contributed by atoms with E-state index in [9.17, 15) is 13.2 Å². The third kappa shape index (κ3) is 4.33. The Bertz CT molecular complexity index is 1210. The van der Waals surface area contributed by atoms with Crippen molar-refractivity contribution >= 4 is 21.6 Å². The van der Waals surface area contributed by atoms with Crippen LogP contribution >= 0.6 is 0 Å². The van der Waals surface area contributed by atoms with Crippen LogP contribution in [0.25, 0.3) is 0 Å². The van der Waals surface area contributed by atoms with Crippen LogP contribution in [0.5, 0.6) is 5.75 Å². The summed E-state index contributed by atoms with van der Waals surface area (Å²) in [5, 5.41) is 0. The highest BCUT2D eigenvalue weighted by Gasteiger charge is 2.28. The van der Waals surface area contributed by atoms with Gasteiger partial charge in [0.05, 0.1) is 4.90 Å². The van der Waals surface area contributed by atoms with Crippen molar-refractivity contribution in [2.45, 2.75) is 17.9 Å². The minimum atomic E-state index is -3.51. The number of anilines is 1. The Morgan fingerprint density at radius 1 is 1.00 bits per heavy atom. The Hall–Kier alpha value is -3.16. The standard InChI is InChI=1S/C24H24N2O4S/c1-25(2)31(28,29)22-11-12-23-19(16-22)13-14-26(23)24(27)20-9-6-10-21(15-20)30-17-18-7-4-3-5-8-18/h3-12,15-16H,13-14,17H2,1-2H3. The van der Waals surface area contributed by atoms with Gasteiger partial charge in [0.25, 0.3) is 5.91 Å². The zero-order chi connectivity index (χ0) is 22.0. The molecule has 0 saturated carbocycles. The molecule has 0 atom stereocenters. The van der Waals surface area contributed by atoms with Crippen LogP contribution in [0.4, 0.5) is 5.69 Å². The van der Waals surface area contributed by atoms with Crippen molar-refractivity contribution < 1.29 is 17.9 Å². The lowest BCUT2D eigenvalue weighted by Gasteiger charge is -2.19. The summed E-state index contributed by atoms with van der Waals surface area (Å²) in [5.74, 6) is 0.494. The lowest BCUT2D eigenvalue weighted by molar-refractivity contribution is 0.0989. The highest BCUT2D eigenvalue weighted by atomic mass is 32.2. The zero-order valence-corrected chi connectivity index (χ0v) is 18.3. The van der Waals surface area contributed by atoms with Crippen molar-refractivity contribution in [2.24, 2.45) is 0 Å². The number of benzene rings is 3. The fraction of sp³-hybridized carbons (Fsp3) is 0.208. The van der Waals surface area contributed by atoms with Crippen molar-refractivity contribution in [3.05, 3.63) is 89.5 Å². The second-order valence-corrected chi connectivity index (χ2v) is 9.74. The predicted molar refractivity (Wildman–Crippen MR) is 120 cm³/mol. The molecule has 6 nitrogen and oxygen atoms in total. The first-order valence-corrected chi connectivity index (χ1v) is 11.4. The Kier molecular flexibility index (Phi) is 5.80. The molecule has 0 radical (unpaired) electrons. The smallest absolute Gasteiger partial charge is 0.258 e. The maximum Gasteiger partial charge on any atom is 0.258 e.